The maximum atomic E-state index is 6.65. The molecule has 0 spiro atoms. The Morgan fingerprint density at radius 2 is 0.833 bits per heavy atom. The van der Waals surface area contributed by atoms with Gasteiger partial charge in [0.25, 0.3) is 0 Å². The van der Waals surface area contributed by atoms with Crippen molar-refractivity contribution in [3.63, 3.8) is 0 Å². The van der Waals surface area contributed by atoms with Gasteiger partial charge in [-0.3, -0.25) is 0 Å². The Bertz CT molecular complexity index is 301. The van der Waals surface area contributed by atoms with E-state index >= 15 is 0 Å². The molecule has 0 bridgehead atoms. The fourth-order valence-corrected chi connectivity index (χ4v) is 4.68. The van der Waals surface area contributed by atoms with Gasteiger partial charge in [-0.15, -0.1) is 11.6 Å². The molecular formula is C29H58Cl. The largest absolute Gasteiger partial charge is 0.123 e. The SMILES string of the molecule is CCCCCCCCCCCCC[CH]C(C)C(Cl)CCCCCCCCCCCC. The molecule has 0 fully saturated rings. The van der Waals surface area contributed by atoms with Crippen molar-refractivity contribution in [3.05, 3.63) is 6.42 Å². The van der Waals surface area contributed by atoms with Gasteiger partial charge in [-0.2, -0.15) is 0 Å². The van der Waals surface area contributed by atoms with Crippen molar-refractivity contribution in [2.75, 3.05) is 0 Å². The van der Waals surface area contributed by atoms with Gasteiger partial charge in [0, 0.05) is 5.38 Å². The number of hydrogen-bond donors (Lipinski definition) is 0. The molecule has 0 nitrogen and oxygen atoms in total. The molecule has 0 saturated heterocycles. The van der Waals surface area contributed by atoms with Crippen molar-refractivity contribution < 1.29 is 0 Å². The fraction of sp³-hybridized carbons (Fsp3) is 0.966. The van der Waals surface area contributed by atoms with Crippen LogP contribution in [0.2, 0.25) is 0 Å². The molecule has 0 aromatic heterocycles. The topological polar surface area (TPSA) is 0 Å². The van der Waals surface area contributed by atoms with Crippen LogP contribution in [0.4, 0.5) is 0 Å². The summed E-state index contributed by atoms with van der Waals surface area (Å²) in [6.45, 7) is 6.91. The summed E-state index contributed by atoms with van der Waals surface area (Å²) in [6, 6.07) is 0. The quantitative estimate of drug-likeness (QED) is 0.0974. The summed E-state index contributed by atoms with van der Waals surface area (Å²) in [6.07, 6.45) is 34.8. The van der Waals surface area contributed by atoms with E-state index in [2.05, 4.69) is 27.2 Å². The van der Waals surface area contributed by atoms with Gasteiger partial charge in [0.1, 0.15) is 0 Å². The summed E-state index contributed by atoms with van der Waals surface area (Å²) < 4.78 is 0. The van der Waals surface area contributed by atoms with Gasteiger partial charge in [0.15, 0.2) is 0 Å². The zero-order chi connectivity index (χ0) is 22.1. The van der Waals surface area contributed by atoms with E-state index in [1.165, 1.54) is 148 Å². The lowest BCUT2D eigenvalue weighted by atomic mass is 9.95. The van der Waals surface area contributed by atoms with E-state index in [1.54, 1.807) is 0 Å². The van der Waals surface area contributed by atoms with E-state index in [0.717, 1.165) is 0 Å². The van der Waals surface area contributed by atoms with Crippen LogP contribution in [0.5, 0.6) is 0 Å². The molecule has 0 amide bonds. The Balaban J connectivity index is 3.29. The first-order valence-corrected chi connectivity index (χ1v) is 14.6. The van der Waals surface area contributed by atoms with Crippen LogP contribution in [0, 0.1) is 12.3 Å². The van der Waals surface area contributed by atoms with Gasteiger partial charge in [0.05, 0.1) is 0 Å². The Hall–Kier alpha value is 0.290. The molecule has 0 heterocycles. The number of unbranched alkanes of at least 4 members (excludes halogenated alkanes) is 20. The molecule has 0 aliphatic carbocycles. The molecule has 1 heteroatoms. The highest BCUT2D eigenvalue weighted by atomic mass is 35.5. The first-order chi connectivity index (χ1) is 14.7. The van der Waals surface area contributed by atoms with Gasteiger partial charge in [-0.05, 0) is 25.2 Å². The van der Waals surface area contributed by atoms with Gasteiger partial charge < -0.3 is 0 Å². The predicted octanol–water partition coefficient (Wildman–Crippen LogP) is 11.4. The third-order valence-corrected chi connectivity index (χ3v) is 7.37. The number of rotatable bonds is 25. The highest BCUT2D eigenvalue weighted by Gasteiger charge is 2.13. The average molecular weight is 442 g/mol. The van der Waals surface area contributed by atoms with Crippen LogP contribution < -0.4 is 0 Å². The summed E-state index contributed by atoms with van der Waals surface area (Å²) in [5.41, 5.74) is 0. The Morgan fingerprint density at radius 1 is 0.500 bits per heavy atom. The lowest BCUT2D eigenvalue weighted by Crippen LogP contribution is -2.12. The number of alkyl halides is 1. The van der Waals surface area contributed by atoms with Crippen molar-refractivity contribution in [1.29, 1.82) is 0 Å². The van der Waals surface area contributed by atoms with E-state index in [-0.39, 0.29) is 0 Å². The van der Waals surface area contributed by atoms with Crippen LogP contribution in [-0.2, 0) is 0 Å². The molecule has 2 atom stereocenters. The van der Waals surface area contributed by atoms with Gasteiger partial charge in [0.2, 0.25) is 0 Å². The number of hydrogen-bond acceptors (Lipinski definition) is 0. The Labute approximate surface area is 197 Å². The molecular weight excluding hydrogens is 384 g/mol. The molecule has 30 heavy (non-hydrogen) atoms. The molecule has 2 unspecified atom stereocenters. The molecule has 1 radical (unpaired) electrons. The van der Waals surface area contributed by atoms with E-state index < -0.39 is 0 Å². The van der Waals surface area contributed by atoms with Gasteiger partial charge in [-0.1, -0.05) is 156 Å². The Kier molecular flexibility index (Phi) is 25.8. The van der Waals surface area contributed by atoms with Crippen LogP contribution in [0.1, 0.15) is 168 Å². The first-order valence-electron chi connectivity index (χ1n) is 14.2. The minimum absolute atomic E-state index is 0.353. The highest BCUT2D eigenvalue weighted by molar-refractivity contribution is 6.20. The summed E-state index contributed by atoms with van der Waals surface area (Å²) in [7, 11) is 0. The van der Waals surface area contributed by atoms with Crippen molar-refractivity contribution in [3.8, 4) is 0 Å². The standard InChI is InChI=1S/C29H58Cl/c1-4-6-8-10-12-14-16-17-18-20-22-24-26-28(3)29(30)27-25-23-21-19-15-13-11-9-7-5-2/h26,28-29H,4-25,27H2,1-3H3. The molecule has 0 N–H and O–H groups in total. The van der Waals surface area contributed by atoms with Crippen molar-refractivity contribution in [2.45, 2.75) is 174 Å². The van der Waals surface area contributed by atoms with Gasteiger partial charge in [-0.25, -0.2) is 0 Å². The van der Waals surface area contributed by atoms with Crippen molar-refractivity contribution in [2.24, 2.45) is 5.92 Å². The van der Waals surface area contributed by atoms with E-state index in [0.29, 0.717) is 11.3 Å². The van der Waals surface area contributed by atoms with Crippen molar-refractivity contribution in [1.82, 2.24) is 0 Å². The minimum Gasteiger partial charge on any atom is -0.123 e. The van der Waals surface area contributed by atoms with Crippen molar-refractivity contribution >= 4 is 11.6 Å². The summed E-state index contributed by atoms with van der Waals surface area (Å²) >= 11 is 6.65. The summed E-state index contributed by atoms with van der Waals surface area (Å²) in [5, 5.41) is 0.353. The third kappa shape index (κ3) is 23.0. The minimum atomic E-state index is 0.353. The summed E-state index contributed by atoms with van der Waals surface area (Å²) in [5.74, 6) is 0.577. The normalized spacial score (nSPS) is 13.6. The molecule has 0 saturated carbocycles. The second kappa shape index (κ2) is 25.5. The molecule has 0 rings (SSSR count). The highest BCUT2D eigenvalue weighted by Crippen LogP contribution is 2.23. The fourth-order valence-electron chi connectivity index (χ4n) is 4.43. The van der Waals surface area contributed by atoms with E-state index in [1.807, 2.05) is 0 Å². The lowest BCUT2D eigenvalue weighted by molar-refractivity contribution is 0.502. The molecule has 0 aliphatic rings. The summed E-state index contributed by atoms with van der Waals surface area (Å²) in [4.78, 5) is 0. The second-order valence-corrected chi connectivity index (χ2v) is 10.5. The molecule has 0 aromatic carbocycles. The van der Waals surface area contributed by atoms with Crippen LogP contribution in [0.3, 0.4) is 0 Å². The maximum Gasteiger partial charge on any atom is 0.0364 e. The zero-order valence-corrected chi connectivity index (χ0v) is 22.1. The monoisotopic (exact) mass is 441 g/mol. The predicted molar refractivity (Wildman–Crippen MR) is 141 cm³/mol. The smallest absolute Gasteiger partial charge is 0.0364 e. The zero-order valence-electron chi connectivity index (χ0n) is 21.4. The first kappa shape index (κ1) is 30.3. The van der Waals surface area contributed by atoms with Crippen LogP contribution in [0.15, 0.2) is 0 Å². The van der Waals surface area contributed by atoms with E-state index in [4.69, 9.17) is 11.6 Å². The number of halogens is 1. The van der Waals surface area contributed by atoms with Crippen LogP contribution in [0.25, 0.3) is 0 Å². The van der Waals surface area contributed by atoms with Gasteiger partial charge >= 0.3 is 0 Å². The maximum absolute atomic E-state index is 6.65. The lowest BCUT2D eigenvalue weighted by Gasteiger charge is -2.17. The van der Waals surface area contributed by atoms with Crippen LogP contribution in [-0.4, -0.2) is 5.38 Å². The molecule has 0 aromatic rings. The Morgan fingerprint density at radius 3 is 1.23 bits per heavy atom. The van der Waals surface area contributed by atoms with E-state index in [9.17, 15) is 0 Å². The second-order valence-electron chi connectivity index (χ2n) is 9.91. The molecule has 0 aliphatic heterocycles. The van der Waals surface area contributed by atoms with Crippen LogP contribution >= 0.6 is 11.6 Å². The average Bonchev–Trinajstić information content (AvgIpc) is 2.75. The molecule has 181 valence electrons. The third-order valence-electron chi connectivity index (χ3n) is 6.75.